The van der Waals surface area contributed by atoms with E-state index in [0.29, 0.717) is 11.0 Å². The number of rotatable bonds is 2. The Labute approximate surface area is 75.5 Å². The third kappa shape index (κ3) is 1.75. The van der Waals surface area contributed by atoms with Crippen molar-refractivity contribution in [3.63, 3.8) is 0 Å². The van der Waals surface area contributed by atoms with Gasteiger partial charge in [0.25, 0.3) is 0 Å². The van der Waals surface area contributed by atoms with Crippen LogP contribution in [0.15, 0.2) is 6.07 Å². The molecule has 6 heteroatoms. The molecule has 0 aliphatic rings. The van der Waals surface area contributed by atoms with E-state index in [4.69, 9.17) is 17.4 Å². The molecular weight excluding hydrogens is 178 g/mol. The molecule has 66 valence electrons. The normalized spacial score (nSPS) is 9.67. The third-order valence-corrected chi connectivity index (χ3v) is 1.63. The molecule has 0 aromatic carbocycles. The van der Waals surface area contributed by atoms with Crippen molar-refractivity contribution in [1.29, 1.82) is 0 Å². The fourth-order valence-corrected chi connectivity index (χ4v) is 1.01. The first-order valence-electron chi connectivity index (χ1n) is 3.32. The average molecular weight is 188 g/mol. The summed E-state index contributed by atoms with van der Waals surface area (Å²) in [4.78, 5) is 1.83. The molecule has 0 amide bonds. The van der Waals surface area contributed by atoms with Crippen LogP contribution in [0.5, 0.6) is 0 Å². The molecule has 1 heterocycles. The van der Waals surface area contributed by atoms with E-state index >= 15 is 0 Å². The first-order chi connectivity index (χ1) is 5.65. The van der Waals surface area contributed by atoms with Crippen molar-refractivity contribution in [2.24, 2.45) is 5.84 Å². The highest BCUT2D eigenvalue weighted by Gasteiger charge is 2.05. The maximum Gasteiger partial charge on any atom is 0.175 e. The Bertz CT molecular complexity index is 275. The molecule has 0 aliphatic heterocycles. The van der Waals surface area contributed by atoms with Crippen LogP contribution in [0.4, 0.5) is 11.5 Å². The molecule has 1 rings (SSSR count). The fourth-order valence-electron chi connectivity index (χ4n) is 0.751. The molecule has 0 aliphatic carbocycles. The summed E-state index contributed by atoms with van der Waals surface area (Å²) in [5.41, 5.74) is 3.17. The average Bonchev–Trinajstić information content (AvgIpc) is 2.05. The van der Waals surface area contributed by atoms with Gasteiger partial charge in [0.05, 0.1) is 5.69 Å². The van der Waals surface area contributed by atoms with Gasteiger partial charge in [-0.15, -0.1) is 10.2 Å². The standard InChI is InChI=1S/C6H10ClN5/c1-12(2)4-3-5(9-8)10-11-6(4)7/h3H,8H2,1-2H3,(H,9,10). The van der Waals surface area contributed by atoms with Crippen LogP contribution in [0.25, 0.3) is 0 Å². The molecule has 12 heavy (non-hydrogen) atoms. The second-order valence-electron chi connectivity index (χ2n) is 2.44. The molecule has 0 fully saturated rings. The second kappa shape index (κ2) is 3.55. The zero-order valence-electron chi connectivity index (χ0n) is 6.87. The molecule has 1 aromatic heterocycles. The van der Waals surface area contributed by atoms with Crippen molar-refractivity contribution < 1.29 is 0 Å². The topological polar surface area (TPSA) is 67.1 Å². The van der Waals surface area contributed by atoms with E-state index < -0.39 is 0 Å². The van der Waals surface area contributed by atoms with Gasteiger partial charge in [-0.2, -0.15) is 0 Å². The fraction of sp³-hybridized carbons (Fsp3) is 0.333. The first-order valence-corrected chi connectivity index (χ1v) is 3.70. The summed E-state index contributed by atoms with van der Waals surface area (Å²) in [5, 5.41) is 7.76. The SMILES string of the molecule is CN(C)c1cc(NN)nnc1Cl. The number of hydrogen-bond donors (Lipinski definition) is 2. The highest BCUT2D eigenvalue weighted by Crippen LogP contribution is 2.22. The molecule has 0 radical (unpaired) electrons. The second-order valence-corrected chi connectivity index (χ2v) is 2.80. The molecule has 0 saturated heterocycles. The van der Waals surface area contributed by atoms with Crippen LogP contribution in [0.1, 0.15) is 0 Å². The molecular formula is C6H10ClN5. The van der Waals surface area contributed by atoms with Gasteiger partial charge in [0.15, 0.2) is 11.0 Å². The summed E-state index contributed by atoms with van der Waals surface area (Å²) < 4.78 is 0. The minimum atomic E-state index is 0.360. The zero-order chi connectivity index (χ0) is 9.14. The van der Waals surface area contributed by atoms with Crippen molar-refractivity contribution in [3.8, 4) is 0 Å². The van der Waals surface area contributed by atoms with Crippen LogP contribution >= 0.6 is 11.6 Å². The number of aromatic nitrogens is 2. The quantitative estimate of drug-likeness (QED) is 0.521. The van der Waals surface area contributed by atoms with Crippen molar-refractivity contribution in [2.75, 3.05) is 24.4 Å². The van der Waals surface area contributed by atoms with Crippen molar-refractivity contribution in [2.45, 2.75) is 0 Å². The van der Waals surface area contributed by atoms with E-state index in [0.717, 1.165) is 5.69 Å². The predicted molar refractivity (Wildman–Crippen MR) is 49.2 cm³/mol. The van der Waals surface area contributed by atoms with E-state index in [1.807, 2.05) is 19.0 Å². The Morgan fingerprint density at radius 1 is 1.50 bits per heavy atom. The number of hydrazine groups is 1. The van der Waals surface area contributed by atoms with Gasteiger partial charge in [-0.05, 0) is 0 Å². The highest BCUT2D eigenvalue weighted by atomic mass is 35.5. The van der Waals surface area contributed by atoms with Crippen LogP contribution in [0, 0.1) is 0 Å². The maximum atomic E-state index is 5.76. The Morgan fingerprint density at radius 2 is 2.17 bits per heavy atom. The Kier molecular flexibility index (Phi) is 2.67. The van der Waals surface area contributed by atoms with Crippen LogP contribution in [0.2, 0.25) is 5.15 Å². The molecule has 0 unspecified atom stereocenters. The van der Waals surface area contributed by atoms with Crippen molar-refractivity contribution >= 4 is 23.1 Å². The smallest absolute Gasteiger partial charge is 0.175 e. The van der Waals surface area contributed by atoms with Crippen LogP contribution in [-0.2, 0) is 0 Å². The zero-order valence-corrected chi connectivity index (χ0v) is 7.63. The summed E-state index contributed by atoms with van der Waals surface area (Å²) in [5.74, 6) is 5.64. The number of anilines is 2. The third-order valence-electron chi connectivity index (χ3n) is 1.36. The predicted octanol–water partition coefficient (Wildman–Crippen LogP) is 0.482. The highest BCUT2D eigenvalue weighted by molar-refractivity contribution is 6.32. The molecule has 1 aromatic rings. The summed E-state index contributed by atoms with van der Waals surface area (Å²) in [7, 11) is 3.73. The Morgan fingerprint density at radius 3 is 2.67 bits per heavy atom. The molecule has 0 saturated carbocycles. The van der Waals surface area contributed by atoms with Gasteiger partial charge in [0.2, 0.25) is 0 Å². The van der Waals surface area contributed by atoms with E-state index in [1.54, 1.807) is 6.07 Å². The van der Waals surface area contributed by atoms with Gasteiger partial charge in [-0.3, -0.25) is 0 Å². The molecule has 0 atom stereocenters. The summed E-state index contributed by atoms with van der Waals surface area (Å²) >= 11 is 5.76. The lowest BCUT2D eigenvalue weighted by atomic mass is 10.4. The summed E-state index contributed by atoms with van der Waals surface area (Å²) in [6, 6.07) is 1.72. The molecule has 0 bridgehead atoms. The van der Waals surface area contributed by atoms with Crippen molar-refractivity contribution in [1.82, 2.24) is 10.2 Å². The number of halogens is 1. The lowest BCUT2D eigenvalue weighted by Gasteiger charge is -2.13. The van der Waals surface area contributed by atoms with E-state index in [-0.39, 0.29) is 0 Å². The van der Waals surface area contributed by atoms with Gasteiger partial charge in [0, 0.05) is 20.2 Å². The Balaban J connectivity index is 3.08. The molecule has 5 nitrogen and oxygen atoms in total. The largest absolute Gasteiger partial charge is 0.375 e. The van der Waals surface area contributed by atoms with E-state index in [2.05, 4.69) is 15.6 Å². The number of hydrogen-bond acceptors (Lipinski definition) is 5. The summed E-state index contributed by atoms with van der Waals surface area (Å²) in [6.45, 7) is 0. The minimum Gasteiger partial charge on any atom is -0.375 e. The van der Waals surface area contributed by atoms with Gasteiger partial charge in [0.1, 0.15) is 0 Å². The van der Waals surface area contributed by atoms with Gasteiger partial charge < -0.3 is 10.3 Å². The van der Waals surface area contributed by atoms with E-state index in [9.17, 15) is 0 Å². The number of nitrogens with zero attached hydrogens (tertiary/aromatic N) is 3. The first kappa shape index (κ1) is 9.02. The molecule has 3 N–H and O–H groups in total. The number of nitrogens with one attached hydrogen (secondary N) is 1. The monoisotopic (exact) mass is 187 g/mol. The van der Waals surface area contributed by atoms with Crippen LogP contribution < -0.4 is 16.2 Å². The van der Waals surface area contributed by atoms with Crippen LogP contribution in [0.3, 0.4) is 0 Å². The summed E-state index contributed by atoms with van der Waals surface area (Å²) in [6.07, 6.45) is 0. The van der Waals surface area contributed by atoms with Gasteiger partial charge in [-0.25, -0.2) is 5.84 Å². The van der Waals surface area contributed by atoms with Crippen molar-refractivity contribution in [3.05, 3.63) is 11.2 Å². The van der Waals surface area contributed by atoms with Gasteiger partial charge >= 0.3 is 0 Å². The molecule has 0 spiro atoms. The number of nitrogens with two attached hydrogens (primary N) is 1. The van der Waals surface area contributed by atoms with Crippen LogP contribution in [-0.4, -0.2) is 24.3 Å². The lowest BCUT2D eigenvalue weighted by molar-refractivity contribution is 0.996. The number of nitrogen functional groups attached to an aromatic ring is 1. The Hall–Kier alpha value is -1.07. The van der Waals surface area contributed by atoms with Gasteiger partial charge in [-0.1, -0.05) is 11.6 Å². The maximum absolute atomic E-state index is 5.76. The van der Waals surface area contributed by atoms with E-state index in [1.165, 1.54) is 0 Å². The minimum absolute atomic E-state index is 0.360. The lowest BCUT2D eigenvalue weighted by Crippen LogP contribution is -2.14.